The molecular formula is C24H28N2O2. The van der Waals surface area contributed by atoms with Gasteiger partial charge in [0.1, 0.15) is 0 Å². The van der Waals surface area contributed by atoms with E-state index in [1.807, 2.05) is 25.1 Å². The first-order valence-electron chi connectivity index (χ1n) is 10.3. The first kappa shape index (κ1) is 18.7. The van der Waals surface area contributed by atoms with E-state index in [0.29, 0.717) is 12.5 Å². The molecule has 2 aromatic rings. The number of nitrogens with one attached hydrogen (secondary N) is 1. The van der Waals surface area contributed by atoms with E-state index in [-0.39, 0.29) is 24.2 Å². The molecule has 0 aromatic heterocycles. The van der Waals surface area contributed by atoms with Gasteiger partial charge in [0.15, 0.2) is 0 Å². The van der Waals surface area contributed by atoms with Crippen molar-refractivity contribution in [2.24, 2.45) is 5.92 Å². The number of hydrogen-bond acceptors (Lipinski definition) is 2. The van der Waals surface area contributed by atoms with Crippen LogP contribution in [0.4, 0.5) is 11.4 Å². The molecule has 4 rings (SSSR count). The molecule has 1 aliphatic heterocycles. The van der Waals surface area contributed by atoms with Crippen LogP contribution in [0.1, 0.15) is 54.9 Å². The fourth-order valence-electron chi connectivity index (χ4n) is 4.43. The average Bonchev–Trinajstić information content (AvgIpc) is 3.28. The van der Waals surface area contributed by atoms with Crippen LogP contribution < -0.4 is 10.2 Å². The lowest BCUT2D eigenvalue weighted by Gasteiger charge is -2.19. The number of carbonyl (C=O) groups is 2. The fraction of sp³-hybridized carbons (Fsp3) is 0.417. The first-order valence-corrected chi connectivity index (χ1v) is 10.3. The van der Waals surface area contributed by atoms with Crippen LogP contribution in [-0.2, 0) is 22.4 Å². The zero-order valence-corrected chi connectivity index (χ0v) is 16.9. The molecule has 2 aromatic carbocycles. The highest BCUT2D eigenvalue weighted by Gasteiger charge is 2.35. The number of aryl methyl sites for hydroxylation is 3. The van der Waals surface area contributed by atoms with Crippen LogP contribution >= 0.6 is 0 Å². The normalized spacial score (nSPS) is 18.6. The van der Waals surface area contributed by atoms with Crippen LogP contribution in [0.15, 0.2) is 36.4 Å². The van der Waals surface area contributed by atoms with Gasteiger partial charge < -0.3 is 10.2 Å². The van der Waals surface area contributed by atoms with Crippen LogP contribution in [0.2, 0.25) is 0 Å². The molecule has 0 bridgehead atoms. The van der Waals surface area contributed by atoms with E-state index >= 15 is 0 Å². The van der Waals surface area contributed by atoms with Crippen LogP contribution in [0.3, 0.4) is 0 Å². The van der Waals surface area contributed by atoms with E-state index in [0.717, 1.165) is 35.3 Å². The molecule has 1 N–H and O–H groups in total. The summed E-state index contributed by atoms with van der Waals surface area (Å²) in [6.07, 6.45) is 3.67. The second kappa shape index (κ2) is 7.42. The number of benzene rings is 2. The molecule has 2 amide bonds. The number of anilines is 2. The second-order valence-electron chi connectivity index (χ2n) is 8.40. The lowest BCUT2D eigenvalue weighted by molar-refractivity contribution is -0.122. The Kier molecular flexibility index (Phi) is 4.96. The van der Waals surface area contributed by atoms with E-state index in [1.54, 1.807) is 4.90 Å². The summed E-state index contributed by atoms with van der Waals surface area (Å²) in [4.78, 5) is 27.4. The Labute approximate surface area is 166 Å². The van der Waals surface area contributed by atoms with Crippen LogP contribution in [0.25, 0.3) is 0 Å². The molecule has 1 saturated heterocycles. The standard InChI is InChI=1S/C24H28N2O2/c1-15(2)21-9-4-6-16(3)23(21)25-24(28)19-13-22(27)26(14-19)20-11-10-17-7-5-8-18(17)12-20/h4,6,9-12,15,19H,5,7-8,13-14H2,1-3H3,(H,25,28). The molecule has 1 aliphatic carbocycles. The van der Waals surface area contributed by atoms with Gasteiger partial charge in [0.25, 0.3) is 0 Å². The third-order valence-electron chi connectivity index (χ3n) is 6.06. The van der Waals surface area contributed by atoms with Crippen molar-refractivity contribution in [2.45, 2.75) is 52.4 Å². The maximum absolute atomic E-state index is 13.0. The molecule has 0 saturated carbocycles. The van der Waals surface area contributed by atoms with Gasteiger partial charge in [-0.2, -0.15) is 0 Å². The van der Waals surface area contributed by atoms with Crippen molar-refractivity contribution >= 4 is 23.2 Å². The average molecular weight is 377 g/mol. The second-order valence-corrected chi connectivity index (χ2v) is 8.40. The number of hydrogen-bond donors (Lipinski definition) is 1. The molecule has 146 valence electrons. The van der Waals surface area contributed by atoms with Crippen molar-refractivity contribution in [1.29, 1.82) is 0 Å². The van der Waals surface area contributed by atoms with Crippen molar-refractivity contribution in [3.05, 3.63) is 58.7 Å². The lowest BCUT2D eigenvalue weighted by Crippen LogP contribution is -2.28. The Balaban J connectivity index is 1.51. The number of nitrogens with zero attached hydrogens (tertiary/aromatic N) is 1. The zero-order valence-electron chi connectivity index (χ0n) is 16.9. The van der Waals surface area contributed by atoms with Crippen molar-refractivity contribution in [3.8, 4) is 0 Å². The Morgan fingerprint density at radius 3 is 2.71 bits per heavy atom. The lowest BCUT2D eigenvalue weighted by atomic mass is 9.97. The Hall–Kier alpha value is -2.62. The van der Waals surface area contributed by atoms with Crippen molar-refractivity contribution in [2.75, 3.05) is 16.8 Å². The van der Waals surface area contributed by atoms with Gasteiger partial charge in [0.05, 0.1) is 5.92 Å². The highest BCUT2D eigenvalue weighted by Crippen LogP contribution is 2.32. The minimum Gasteiger partial charge on any atom is -0.325 e. The van der Waals surface area contributed by atoms with Gasteiger partial charge in [-0.05, 0) is 66.5 Å². The molecule has 0 spiro atoms. The van der Waals surface area contributed by atoms with Gasteiger partial charge in [-0.3, -0.25) is 9.59 Å². The minimum absolute atomic E-state index is 0.0342. The van der Waals surface area contributed by atoms with Gasteiger partial charge in [-0.15, -0.1) is 0 Å². The summed E-state index contributed by atoms with van der Waals surface area (Å²) >= 11 is 0. The van der Waals surface area contributed by atoms with Crippen LogP contribution in [0.5, 0.6) is 0 Å². The molecule has 4 heteroatoms. The fourth-order valence-corrected chi connectivity index (χ4v) is 4.43. The Morgan fingerprint density at radius 2 is 1.93 bits per heavy atom. The van der Waals surface area contributed by atoms with Gasteiger partial charge in [-0.1, -0.05) is 38.1 Å². The summed E-state index contributed by atoms with van der Waals surface area (Å²) in [5.74, 6) is -0.0242. The smallest absolute Gasteiger partial charge is 0.229 e. The van der Waals surface area contributed by atoms with E-state index in [4.69, 9.17) is 0 Å². The van der Waals surface area contributed by atoms with E-state index in [9.17, 15) is 9.59 Å². The maximum Gasteiger partial charge on any atom is 0.229 e. The summed E-state index contributed by atoms with van der Waals surface area (Å²) in [5, 5.41) is 3.12. The molecule has 28 heavy (non-hydrogen) atoms. The SMILES string of the molecule is Cc1cccc(C(C)C)c1NC(=O)C1CC(=O)N(c2ccc3c(c2)CCC3)C1. The number of amides is 2. The van der Waals surface area contributed by atoms with Crippen molar-refractivity contribution < 1.29 is 9.59 Å². The van der Waals surface area contributed by atoms with E-state index < -0.39 is 0 Å². The Morgan fingerprint density at radius 1 is 1.14 bits per heavy atom. The predicted octanol–water partition coefficient (Wildman–Crippen LogP) is 4.60. The van der Waals surface area contributed by atoms with Gasteiger partial charge in [0, 0.05) is 24.3 Å². The molecule has 4 nitrogen and oxygen atoms in total. The van der Waals surface area contributed by atoms with Crippen LogP contribution in [-0.4, -0.2) is 18.4 Å². The summed E-state index contributed by atoms with van der Waals surface area (Å²) in [6, 6.07) is 12.4. The zero-order chi connectivity index (χ0) is 19.8. The molecular weight excluding hydrogens is 348 g/mol. The van der Waals surface area contributed by atoms with Crippen molar-refractivity contribution in [1.82, 2.24) is 0 Å². The summed E-state index contributed by atoms with van der Waals surface area (Å²) < 4.78 is 0. The van der Waals surface area contributed by atoms with Crippen LogP contribution in [0, 0.1) is 12.8 Å². The van der Waals surface area contributed by atoms with Gasteiger partial charge >= 0.3 is 0 Å². The largest absolute Gasteiger partial charge is 0.325 e. The highest BCUT2D eigenvalue weighted by atomic mass is 16.2. The topological polar surface area (TPSA) is 49.4 Å². The summed E-state index contributed by atoms with van der Waals surface area (Å²) in [6.45, 7) is 6.71. The monoisotopic (exact) mass is 376 g/mol. The maximum atomic E-state index is 13.0. The molecule has 1 atom stereocenters. The third-order valence-corrected chi connectivity index (χ3v) is 6.06. The first-order chi connectivity index (χ1) is 13.4. The molecule has 0 radical (unpaired) electrons. The quantitative estimate of drug-likeness (QED) is 0.848. The van der Waals surface area contributed by atoms with Gasteiger partial charge in [-0.25, -0.2) is 0 Å². The van der Waals surface area contributed by atoms with Gasteiger partial charge in [0.2, 0.25) is 11.8 Å². The van der Waals surface area contributed by atoms with E-state index in [2.05, 4.69) is 37.4 Å². The highest BCUT2D eigenvalue weighted by molar-refractivity contribution is 6.04. The molecule has 1 unspecified atom stereocenters. The summed E-state index contributed by atoms with van der Waals surface area (Å²) in [5.41, 5.74) is 6.75. The number of carbonyl (C=O) groups excluding carboxylic acids is 2. The number of rotatable bonds is 4. The number of fused-ring (bicyclic) bond motifs is 1. The molecule has 1 fully saturated rings. The minimum atomic E-state index is -0.319. The van der Waals surface area contributed by atoms with Crippen molar-refractivity contribution in [3.63, 3.8) is 0 Å². The Bertz CT molecular complexity index is 932. The molecule has 2 aliphatic rings. The third kappa shape index (κ3) is 3.44. The molecule has 1 heterocycles. The number of para-hydroxylation sites is 1. The van der Waals surface area contributed by atoms with E-state index in [1.165, 1.54) is 17.5 Å². The predicted molar refractivity (Wildman–Crippen MR) is 113 cm³/mol. The summed E-state index contributed by atoms with van der Waals surface area (Å²) in [7, 11) is 0.